The Morgan fingerprint density at radius 2 is 1.95 bits per heavy atom. The van der Waals surface area contributed by atoms with Crippen molar-refractivity contribution in [1.82, 2.24) is 4.98 Å². The number of anilines is 1. The smallest absolute Gasteiger partial charge is 0.229 e. The topological polar surface area (TPSA) is 62.2 Å². The van der Waals surface area contributed by atoms with Gasteiger partial charge in [0, 0.05) is 22.7 Å². The van der Waals surface area contributed by atoms with Crippen molar-refractivity contribution in [1.29, 1.82) is 0 Å². The Morgan fingerprint density at radius 3 is 2.42 bits per heavy atom. The molecule has 108 valence electrons. The molecule has 0 spiro atoms. The molecule has 1 aromatic heterocycles. The van der Waals surface area contributed by atoms with Crippen LogP contribution in [0.2, 0.25) is 0 Å². The number of carbonyl (C=O) groups excluding carboxylic acids is 1. The summed E-state index contributed by atoms with van der Waals surface area (Å²) in [5.41, 5.74) is 1.05. The Hall–Kier alpha value is -0.940. The lowest BCUT2D eigenvalue weighted by molar-refractivity contribution is -0.123. The van der Waals surface area contributed by atoms with Crippen LogP contribution in [0.5, 0.6) is 0 Å². The first kappa shape index (κ1) is 18.1. The molecule has 5 heteroatoms. The van der Waals surface area contributed by atoms with E-state index in [1.54, 1.807) is 12.4 Å². The van der Waals surface area contributed by atoms with Crippen LogP contribution < -0.4 is 5.32 Å². The SMILES string of the molecule is CC.CC(C)(C)C(=O)Nc1cncc(Br)c1CCO. The number of halogens is 1. The van der Waals surface area contributed by atoms with Crippen molar-refractivity contribution < 1.29 is 9.90 Å². The summed E-state index contributed by atoms with van der Waals surface area (Å²) in [6, 6.07) is 0. The number of hydrogen-bond donors (Lipinski definition) is 2. The van der Waals surface area contributed by atoms with Gasteiger partial charge in [-0.05, 0) is 27.9 Å². The quantitative estimate of drug-likeness (QED) is 0.892. The minimum absolute atomic E-state index is 0.0288. The Bertz CT molecular complexity index is 414. The average molecular weight is 331 g/mol. The summed E-state index contributed by atoms with van der Waals surface area (Å²) in [7, 11) is 0. The number of aliphatic hydroxyl groups is 1. The molecule has 0 bridgehead atoms. The van der Waals surface area contributed by atoms with E-state index in [-0.39, 0.29) is 12.5 Å². The zero-order chi connectivity index (χ0) is 15.1. The first-order valence-electron chi connectivity index (χ1n) is 6.41. The number of hydrogen-bond acceptors (Lipinski definition) is 3. The maximum absolute atomic E-state index is 11.9. The molecular weight excluding hydrogens is 308 g/mol. The summed E-state index contributed by atoms with van der Waals surface area (Å²) in [6.45, 7) is 9.57. The molecule has 0 radical (unpaired) electrons. The Labute approximate surface area is 123 Å². The van der Waals surface area contributed by atoms with Crippen LogP contribution >= 0.6 is 15.9 Å². The van der Waals surface area contributed by atoms with Crippen LogP contribution in [-0.2, 0) is 11.2 Å². The van der Waals surface area contributed by atoms with Gasteiger partial charge in [-0.15, -0.1) is 0 Å². The third kappa shape index (κ3) is 5.70. The van der Waals surface area contributed by atoms with Gasteiger partial charge in [-0.2, -0.15) is 0 Å². The average Bonchev–Trinajstić information content (AvgIpc) is 2.35. The number of nitrogens with one attached hydrogen (secondary N) is 1. The minimum atomic E-state index is -0.460. The highest BCUT2D eigenvalue weighted by Crippen LogP contribution is 2.25. The lowest BCUT2D eigenvalue weighted by atomic mass is 9.95. The predicted octanol–water partition coefficient (Wildman–Crippen LogP) is 3.39. The molecule has 0 saturated carbocycles. The van der Waals surface area contributed by atoms with Crippen LogP contribution in [0.25, 0.3) is 0 Å². The van der Waals surface area contributed by atoms with Crippen molar-refractivity contribution in [2.75, 3.05) is 11.9 Å². The van der Waals surface area contributed by atoms with Crippen LogP contribution in [0.4, 0.5) is 5.69 Å². The summed E-state index contributed by atoms with van der Waals surface area (Å²) in [4.78, 5) is 15.9. The van der Waals surface area contributed by atoms with Gasteiger partial charge in [-0.3, -0.25) is 9.78 Å². The van der Waals surface area contributed by atoms with Gasteiger partial charge in [0.25, 0.3) is 0 Å². The molecule has 2 N–H and O–H groups in total. The van der Waals surface area contributed by atoms with Crippen LogP contribution in [0, 0.1) is 5.41 Å². The fourth-order valence-corrected chi connectivity index (χ4v) is 1.78. The molecule has 0 aliphatic rings. The largest absolute Gasteiger partial charge is 0.396 e. The lowest BCUT2D eigenvalue weighted by Gasteiger charge is -2.19. The first-order chi connectivity index (χ1) is 8.86. The normalized spacial score (nSPS) is 10.5. The van der Waals surface area contributed by atoms with E-state index in [1.165, 1.54) is 0 Å². The molecule has 0 saturated heterocycles. The van der Waals surface area contributed by atoms with Crippen LogP contribution in [-0.4, -0.2) is 22.6 Å². The molecule has 19 heavy (non-hydrogen) atoms. The number of aliphatic hydroxyl groups excluding tert-OH is 1. The number of amides is 1. The summed E-state index contributed by atoms with van der Waals surface area (Å²) in [5.74, 6) is -0.0726. The van der Waals surface area contributed by atoms with Gasteiger partial charge in [0.05, 0.1) is 11.9 Å². The molecule has 4 nitrogen and oxygen atoms in total. The Kier molecular flexibility index (Phi) is 7.87. The molecule has 0 aromatic carbocycles. The monoisotopic (exact) mass is 330 g/mol. The van der Waals surface area contributed by atoms with Crippen molar-refractivity contribution >= 4 is 27.5 Å². The van der Waals surface area contributed by atoms with E-state index >= 15 is 0 Å². The number of nitrogens with zero attached hydrogens (tertiary/aromatic N) is 1. The standard InChI is InChI=1S/C12H17BrN2O2.C2H6/c1-12(2,3)11(17)15-10-7-14-6-9(13)8(10)4-5-16;1-2/h6-7,16H,4-5H2,1-3H3,(H,15,17);1-2H3. The van der Waals surface area contributed by atoms with E-state index in [2.05, 4.69) is 26.2 Å². The van der Waals surface area contributed by atoms with Gasteiger partial charge >= 0.3 is 0 Å². The molecule has 0 atom stereocenters. The summed E-state index contributed by atoms with van der Waals surface area (Å²) in [5, 5.41) is 11.8. The van der Waals surface area contributed by atoms with Crippen molar-refractivity contribution in [3.05, 3.63) is 22.4 Å². The van der Waals surface area contributed by atoms with Gasteiger partial charge in [-0.1, -0.05) is 34.6 Å². The van der Waals surface area contributed by atoms with E-state index in [0.717, 1.165) is 10.0 Å². The number of rotatable bonds is 3. The molecule has 0 unspecified atom stereocenters. The highest BCUT2D eigenvalue weighted by Gasteiger charge is 2.22. The van der Waals surface area contributed by atoms with Crippen molar-refractivity contribution in [3.8, 4) is 0 Å². The van der Waals surface area contributed by atoms with E-state index in [1.807, 2.05) is 34.6 Å². The molecular formula is C14H23BrN2O2. The minimum Gasteiger partial charge on any atom is -0.396 e. The highest BCUT2D eigenvalue weighted by atomic mass is 79.9. The van der Waals surface area contributed by atoms with Gasteiger partial charge in [0.1, 0.15) is 0 Å². The zero-order valence-electron chi connectivity index (χ0n) is 12.2. The van der Waals surface area contributed by atoms with Crippen LogP contribution in [0.1, 0.15) is 40.2 Å². The van der Waals surface area contributed by atoms with E-state index in [4.69, 9.17) is 5.11 Å². The van der Waals surface area contributed by atoms with Gasteiger partial charge in [0.15, 0.2) is 0 Å². The molecule has 0 aliphatic carbocycles. The van der Waals surface area contributed by atoms with Crippen molar-refractivity contribution in [2.45, 2.75) is 41.0 Å². The van der Waals surface area contributed by atoms with Gasteiger partial charge < -0.3 is 10.4 Å². The molecule has 1 amide bonds. The first-order valence-corrected chi connectivity index (χ1v) is 7.20. The molecule has 1 rings (SSSR count). The van der Waals surface area contributed by atoms with E-state index < -0.39 is 5.41 Å². The third-order valence-electron chi connectivity index (χ3n) is 2.30. The third-order valence-corrected chi connectivity index (χ3v) is 2.98. The molecule has 0 aliphatic heterocycles. The number of pyridine rings is 1. The van der Waals surface area contributed by atoms with Crippen LogP contribution in [0.3, 0.4) is 0 Å². The Morgan fingerprint density at radius 1 is 1.37 bits per heavy atom. The maximum atomic E-state index is 11.9. The lowest BCUT2D eigenvalue weighted by Crippen LogP contribution is -2.28. The fourth-order valence-electron chi connectivity index (χ4n) is 1.25. The van der Waals surface area contributed by atoms with Crippen molar-refractivity contribution in [2.24, 2.45) is 5.41 Å². The second-order valence-corrected chi connectivity index (χ2v) is 5.68. The number of carbonyl (C=O) groups is 1. The van der Waals surface area contributed by atoms with E-state index in [0.29, 0.717) is 12.1 Å². The molecule has 0 fully saturated rings. The molecule has 1 aromatic rings. The Balaban J connectivity index is 0.00000154. The summed E-state index contributed by atoms with van der Waals surface area (Å²) >= 11 is 3.36. The summed E-state index contributed by atoms with van der Waals surface area (Å²) in [6.07, 6.45) is 3.72. The highest BCUT2D eigenvalue weighted by molar-refractivity contribution is 9.10. The predicted molar refractivity (Wildman–Crippen MR) is 82.2 cm³/mol. The van der Waals surface area contributed by atoms with Gasteiger partial charge in [0.2, 0.25) is 5.91 Å². The second kappa shape index (κ2) is 8.27. The second-order valence-electron chi connectivity index (χ2n) is 4.83. The summed E-state index contributed by atoms with van der Waals surface area (Å²) < 4.78 is 0.790. The van der Waals surface area contributed by atoms with Crippen LogP contribution in [0.15, 0.2) is 16.9 Å². The zero-order valence-corrected chi connectivity index (χ0v) is 13.8. The number of aromatic nitrogens is 1. The fraction of sp³-hybridized carbons (Fsp3) is 0.571. The maximum Gasteiger partial charge on any atom is 0.229 e. The van der Waals surface area contributed by atoms with Crippen molar-refractivity contribution in [3.63, 3.8) is 0 Å². The van der Waals surface area contributed by atoms with Gasteiger partial charge in [-0.25, -0.2) is 0 Å². The molecule has 1 heterocycles. The van der Waals surface area contributed by atoms with E-state index in [9.17, 15) is 4.79 Å².